The number of piperidine rings is 2. The van der Waals surface area contributed by atoms with Crippen LogP contribution in [0.15, 0.2) is 31.2 Å². The molecular weight excluding hydrogens is 318 g/mol. The fraction of sp³-hybridized carbons (Fsp3) is 0.588. The zero-order valence-electron chi connectivity index (χ0n) is 14.2. The number of hydrogen-bond donors (Lipinski definition) is 0. The van der Waals surface area contributed by atoms with Gasteiger partial charge in [0.05, 0.1) is 18.2 Å². The van der Waals surface area contributed by atoms with Gasteiger partial charge in [-0.1, -0.05) is 0 Å². The molecular formula is C17H23N7O. The fourth-order valence-electron chi connectivity index (χ4n) is 3.88. The van der Waals surface area contributed by atoms with Crippen LogP contribution >= 0.6 is 0 Å². The van der Waals surface area contributed by atoms with Crippen LogP contribution in [0.5, 0.6) is 0 Å². The van der Waals surface area contributed by atoms with Crippen LogP contribution in [0, 0.1) is 5.92 Å². The predicted octanol–water partition coefficient (Wildman–Crippen LogP) is 1.15. The molecule has 4 heterocycles. The van der Waals surface area contributed by atoms with E-state index in [9.17, 15) is 4.79 Å². The molecule has 4 rings (SSSR count). The molecule has 2 aromatic heterocycles. The number of hydrogen-bond acceptors (Lipinski definition) is 6. The summed E-state index contributed by atoms with van der Waals surface area (Å²) in [6.45, 7) is 3.22. The molecule has 8 heteroatoms. The summed E-state index contributed by atoms with van der Waals surface area (Å²) in [6.07, 6.45) is 12.5. The Morgan fingerprint density at radius 1 is 1.08 bits per heavy atom. The summed E-state index contributed by atoms with van der Waals surface area (Å²) >= 11 is 0. The van der Waals surface area contributed by atoms with Gasteiger partial charge in [0.2, 0.25) is 5.91 Å². The van der Waals surface area contributed by atoms with Gasteiger partial charge in [-0.05, 0) is 25.7 Å². The zero-order chi connectivity index (χ0) is 17.1. The van der Waals surface area contributed by atoms with Gasteiger partial charge in [0.15, 0.2) is 0 Å². The van der Waals surface area contributed by atoms with E-state index in [-0.39, 0.29) is 17.9 Å². The Bertz CT molecular complexity index is 690. The maximum atomic E-state index is 13.1. The number of carbonyl (C=O) groups excluding carboxylic acids is 1. The molecule has 0 N–H and O–H groups in total. The van der Waals surface area contributed by atoms with Crippen molar-refractivity contribution < 1.29 is 4.79 Å². The molecule has 2 fully saturated rings. The molecule has 0 spiro atoms. The Balaban J connectivity index is 1.41. The highest BCUT2D eigenvalue weighted by Crippen LogP contribution is 2.26. The Morgan fingerprint density at radius 3 is 2.80 bits per heavy atom. The van der Waals surface area contributed by atoms with Crippen molar-refractivity contribution in [1.82, 2.24) is 29.6 Å². The zero-order valence-corrected chi connectivity index (χ0v) is 14.2. The largest absolute Gasteiger partial charge is 0.355 e. The molecule has 0 aromatic carbocycles. The average Bonchev–Trinajstić information content (AvgIpc) is 3.23. The first-order chi connectivity index (χ1) is 12.3. The molecule has 2 aromatic rings. The van der Waals surface area contributed by atoms with Crippen molar-refractivity contribution in [3.8, 4) is 0 Å². The molecule has 0 bridgehead atoms. The second kappa shape index (κ2) is 7.16. The van der Waals surface area contributed by atoms with Crippen LogP contribution in [0.4, 0.5) is 5.82 Å². The molecule has 8 nitrogen and oxygen atoms in total. The lowest BCUT2D eigenvalue weighted by Gasteiger charge is -2.38. The van der Waals surface area contributed by atoms with Crippen LogP contribution in [-0.4, -0.2) is 61.7 Å². The van der Waals surface area contributed by atoms with Crippen molar-refractivity contribution >= 4 is 11.7 Å². The van der Waals surface area contributed by atoms with E-state index in [0.29, 0.717) is 0 Å². The number of nitrogens with zero attached hydrogens (tertiary/aromatic N) is 7. The number of carbonyl (C=O) groups is 1. The number of aromatic nitrogens is 5. The van der Waals surface area contributed by atoms with E-state index >= 15 is 0 Å². The van der Waals surface area contributed by atoms with Crippen molar-refractivity contribution in [3.05, 3.63) is 31.2 Å². The molecule has 0 saturated carbocycles. The van der Waals surface area contributed by atoms with E-state index in [2.05, 4.69) is 25.0 Å². The van der Waals surface area contributed by atoms with Gasteiger partial charge in [0.25, 0.3) is 0 Å². The normalized spacial score (nSPS) is 24.3. The molecule has 1 amide bonds. The SMILES string of the molecule is O=C([C@@H]1CCCN(c2cnccn2)C1)N1CCC[C@H](n2cncn2)C1. The van der Waals surface area contributed by atoms with Crippen LogP contribution < -0.4 is 4.90 Å². The maximum Gasteiger partial charge on any atom is 0.227 e. The number of likely N-dealkylation sites (tertiary alicyclic amines) is 1. The Labute approximate surface area is 146 Å². The smallest absolute Gasteiger partial charge is 0.227 e. The minimum Gasteiger partial charge on any atom is -0.355 e. The molecule has 25 heavy (non-hydrogen) atoms. The minimum atomic E-state index is 0.0326. The number of rotatable bonds is 3. The van der Waals surface area contributed by atoms with E-state index < -0.39 is 0 Å². The maximum absolute atomic E-state index is 13.1. The van der Waals surface area contributed by atoms with Crippen molar-refractivity contribution in [2.24, 2.45) is 5.92 Å². The molecule has 2 aliphatic rings. The third-order valence-corrected chi connectivity index (χ3v) is 5.16. The van der Waals surface area contributed by atoms with Gasteiger partial charge < -0.3 is 9.80 Å². The second-order valence-corrected chi connectivity index (χ2v) is 6.80. The van der Waals surface area contributed by atoms with Crippen molar-refractivity contribution in [2.75, 3.05) is 31.1 Å². The minimum absolute atomic E-state index is 0.0326. The van der Waals surface area contributed by atoms with Gasteiger partial charge in [-0.2, -0.15) is 5.10 Å². The molecule has 2 aliphatic heterocycles. The fourth-order valence-corrected chi connectivity index (χ4v) is 3.88. The summed E-state index contributed by atoms with van der Waals surface area (Å²) in [4.78, 5) is 29.8. The van der Waals surface area contributed by atoms with Crippen LogP contribution in [-0.2, 0) is 4.79 Å². The van der Waals surface area contributed by atoms with E-state index in [1.165, 1.54) is 0 Å². The Morgan fingerprint density at radius 2 is 2.00 bits per heavy atom. The van der Waals surface area contributed by atoms with Crippen LogP contribution in [0.1, 0.15) is 31.7 Å². The predicted molar refractivity (Wildman–Crippen MR) is 91.8 cm³/mol. The standard InChI is InChI=1S/C17H23N7O/c25-17(23-8-2-4-15(11-23)24-13-19-12-21-24)14-3-1-7-22(10-14)16-9-18-5-6-20-16/h5-6,9,12-15H,1-4,7-8,10-11H2/t14-,15+/m1/s1. The average molecular weight is 341 g/mol. The number of anilines is 1. The molecule has 2 saturated heterocycles. The molecule has 0 radical (unpaired) electrons. The first kappa shape index (κ1) is 16.0. The molecule has 2 atom stereocenters. The van der Waals surface area contributed by atoms with Gasteiger partial charge in [-0.25, -0.2) is 14.6 Å². The van der Waals surface area contributed by atoms with Crippen molar-refractivity contribution in [2.45, 2.75) is 31.7 Å². The third-order valence-electron chi connectivity index (χ3n) is 5.16. The van der Waals surface area contributed by atoms with Crippen molar-refractivity contribution in [1.29, 1.82) is 0 Å². The monoisotopic (exact) mass is 341 g/mol. The lowest BCUT2D eigenvalue weighted by atomic mass is 9.95. The number of amides is 1. The van der Waals surface area contributed by atoms with E-state index in [4.69, 9.17) is 0 Å². The van der Waals surface area contributed by atoms with Crippen LogP contribution in [0.2, 0.25) is 0 Å². The van der Waals surface area contributed by atoms with Crippen molar-refractivity contribution in [3.63, 3.8) is 0 Å². The van der Waals surface area contributed by atoms with Gasteiger partial charge >= 0.3 is 0 Å². The highest BCUT2D eigenvalue weighted by molar-refractivity contribution is 5.80. The van der Waals surface area contributed by atoms with Crippen LogP contribution in [0.3, 0.4) is 0 Å². The highest BCUT2D eigenvalue weighted by atomic mass is 16.2. The lowest BCUT2D eigenvalue weighted by Crippen LogP contribution is -2.48. The van der Waals surface area contributed by atoms with E-state index in [1.807, 2.05) is 9.58 Å². The quantitative estimate of drug-likeness (QED) is 0.833. The van der Waals surface area contributed by atoms with Gasteiger partial charge in [0.1, 0.15) is 18.5 Å². The Kier molecular flexibility index (Phi) is 4.58. The lowest BCUT2D eigenvalue weighted by molar-refractivity contribution is -0.137. The molecule has 0 aliphatic carbocycles. The first-order valence-electron chi connectivity index (χ1n) is 8.95. The first-order valence-corrected chi connectivity index (χ1v) is 8.95. The summed E-state index contributed by atoms with van der Waals surface area (Å²) in [6, 6.07) is 0.236. The Hall–Kier alpha value is -2.51. The van der Waals surface area contributed by atoms with Gasteiger partial charge in [0, 0.05) is 38.6 Å². The molecule has 132 valence electrons. The third kappa shape index (κ3) is 3.47. The van der Waals surface area contributed by atoms with Gasteiger partial charge in [-0.15, -0.1) is 0 Å². The topological polar surface area (TPSA) is 80.0 Å². The van der Waals surface area contributed by atoms with Gasteiger partial charge in [-0.3, -0.25) is 9.78 Å². The second-order valence-electron chi connectivity index (χ2n) is 6.80. The summed E-state index contributed by atoms with van der Waals surface area (Å²) in [5.74, 6) is 1.16. The van der Waals surface area contributed by atoms with E-state index in [1.54, 1.807) is 31.2 Å². The summed E-state index contributed by atoms with van der Waals surface area (Å²) in [7, 11) is 0. The highest BCUT2D eigenvalue weighted by Gasteiger charge is 2.33. The van der Waals surface area contributed by atoms with E-state index in [0.717, 1.165) is 57.7 Å². The summed E-state index contributed by atoms with van der Waals surface area (Å²) < 4.78 is 1.88. The summed E-state index contributed by atoms with van der Waals surface area (Å²) in [5, 5.41) is 4.24. The molecule has 0 unspecified atom stereocenters. The van der Waals surface area contributed by atoms with Crippen LogP contribution in [0.25, 0.3) is 0 Å². The summed E-state index contributed by atoms with van der Waals surface area (Å²) in [5.41, 5.74) is 0.